The SMILES string of the molecule is CC(O)CCOC(=O)CC1(C)OCCC(C)O1. The van der Waals surface area contributed by atoms with E-state index in [-0.39, 0.29) is 25.1 Å². The lowest BCUT2D eigenvalue weighted by Crippen LogP contribution is -2.43. The van der Waals surface area contributed by atoms with Crippen LogP contribution in [0.3, 0.4) is 0 Å². The summed E-state index contributed by atoms with van der Waals surface area (Å²) in [6.45, 7) is 6.18. The molecule has 0 aromatic carbocycles. The topological polar surface area (TPSA) is 65.0 Å². The molecule has 0 aromatic rings. The van der Waals surface area contributed by atoms with Gasteiger partial charge in [-0.1, -0.05) is 0 Å². The lowest BCUT2D eigenvalue weighted by Gasteiger charge is -2.36. The van der Waals surface area contributed by atoms with E-state index in [2.05, 4.69) is 0 Å². The summed E-state index contributed by atoms with van der Waals surface area (Å²) in [7, 11) is 0. The first-order valence-electron chi connectivity index (χ1n) is 6.07. The van der Waals surface area contributed by atoms with E-state index in [4.69, 9.17) is 19.3 Å². The number of aliphatic hydroxyl groups excluding tert-OH is 1. The van der Waals surface area contributed by atoms with E-state index in [1.165, 1.54) is 0 Å². The average Bonchev–Trinajstić information content (AvgIpc) is 2.15. The Balaban J connectivity index is 2.29. The maximum atomic E-state index is 11.5. The molecule has 0 aliphatic carbocycles. The minimum Gasteiger partial charge on any atom is -0.465 e. The van der Waals surface area contributed by atoms with E-state index in [9.17, 15) is 4.79 Å². The second-order valence-corrected chi connectivity index (χ2v) is 4.73. The van der Waals surface area contributed by atoms with Gasteiger partial charge in [0.05, 0.1) is 31.8 Å². The number of aliphatic hydroxyl groups is 1. The summed E-state index contributed by atoms with van der Waals surface area (Å²) in [5.41, 5.74) is 0. The average molecular weight is 246 g/mol. The lowest BCUT2D eigenvalue weighted by atomic mass is 10.1. The molecular weight excluding hydrogens is 224 g/mol. The van der Waals surface area contributed by atoms with Crippen molar-refractivity contribution in [2.75, 3.05) is 13.2 Å². The zero-order valence-electron chi connectivity index (χ0n) is 10.8. The van der Waals surface area contributed by atoms with Gasteiger partial charge in [-0.2, -0.15) is 0 Å². The summed E-state index contributed by atoms with van der Waals surface area (Å²) in [6.07, 6.45) is 1.00. The molecule has 1 rings (SSSR count). The molecule has 5 nitrogen and oxygen atoms in total. The standard InChI is InChI=1S/C12H22O5/c1-9(13)4-6-15-11(14)8-12(3)16-7-5-10(2)17-12/h9-10,13H,4-8H2,1-3H3. The van der Waals surface area contributed by atoms with Crippen molar-refractivity contribution in [2.24, 2.45) is 0 Å². The number of ether oxygens (including phenoxy) is 3. The van der Waals surface area contributed by atoms with E-state index in [0.717, 1.165) is 6.42 Å². The Bertz CT molecular complexity index is 253. The number of carbonyl (C=O) groups is 1. The highest BCUT2D eigenvalue weighted by molar-refractivity contribution is 5.70. The van der Waals surface area contributed by atoms with Gasteiger partial charge >= 0.3 is 5.97 Å². The third kappa shape index (κ3) is 5.48. The van der Waals surface area contributed by atoms with E-state index >= 15 is 0 Å². The highest BCUT2D eigenvalue weighted by Crippen LogP contribution is 2.26. The van der Waals surface area contributed by atoms with Crippen molar-refractivity contribution < 1.29 is 24.1 Å². The zero-order chi connectivity index (χ0) is 12.9. The molecule has 1 heterocycles. The van der Waals surface area contributed by atoms with Crippen molar-refractivity contribution in [3.05, 3.63) is 0 Å². The quantitative estimate of drug-likeness (QED) is 0.739. The van der Waals surface area contributed by atoms with E-state index in [0.29, 0.717) is 13.0 Å². The van der Waals surface area contributed by atoms with Crippen LogP contribution in [0.5, 0.6) is 0 Å². The fourth-order valence-electron chi connectivity index (χ4n) is 1.71. The van der Waals surface area contributed by atoms with E-state index in [1.807, 2.05) is 6.92 Å². The zero-order valence-corrected chi connectivity index (χ0v) is 10.8. The van der Waals surface area contributed by atoms with Crippen molar-refractivity contribution in [1.29, 1.82) is 0 Å². The minimum atomic E-state index is -0.875. The maximum Gasteiger partial charge on any atom is 0.311 e. The molecule has 1 N–H and O–H groups in total. The molecule has 3 unspecified atom stereocenters. The highest BCUT2D eigenvalue weighted by atomic mass is 16.7. The van der Waals surface area contributed by atoms with Gasteiger partial charge in [-0.3, -0.25) is 4.79 Å². The van der Waals surface area contributed by atoms with Crippen LogP contribution in [0.2, 0.25) is 0 Å². The van der Waals surface area contributed by atoms with Gasteiger partial charge in [0.15, 0.2) is 5.79 Å². The molecule has 1 fully saturated rings. The van der Waals surface area contributed by atoms with Gasteiger partial charge in [0, 0.05) is 6.42 Å². The summed E-state index contributed by atoms with van der Waals surface area (Å²) in [5.74, 6) is -1.23. The second-order valence-electron chi connectivity index (χ2n) is 4.73. The molecular formula is C12H22O5. The fraction of sp³-hybridized carbons (Fsp3) is 0.917. The Labute approximate surface area is 102 Å². The Hall–Kier alpha value is -0.650. The third-order valence-electron chi connectivity index (χ3n) is 2.65. The maximum absolute atomic E-state index is 11.5. The summed E-state index contributed by atoms with van der Waals surface area (Å²) in [5, 5.41) is 9.03. The first-order valence-corrected chi connectivity index (χ1v) is 6.07. The van der Waals surface area contributed by atoms with Crippen LogP contribution in [-0.4, -0.2) is 42.3 Å². The number of hydrogen-bond acceptors (Lipinski definition) is 5. The van der Waals surface area contributed by atoms with Crippen molar-refractivity contribution in [3.63, 3.8) is 0 Å². The predicted molar refractivity (Wildman–Crippen MR) is 61.4 cm³/mol. The van der Waals surface area contributed by atoms with E-state index < -0.39 is 11.9 Å². The largest absolute Gasteiger partial charge is 0.465 e. The van der Waals surface area contributed by atoms with Crippen LogP contribution in [0.1, 0.15) is 40.0 Å². The van der Waals surface area contributed by atoms with Gasteiger partial charge in [0.2, 0.25) is 0 Å². The summed E-state index contributed by atoms with van der Waals surface area (Å²) in [4.78, 5) is 11.5. The second kappa shape index (κ2) is 6.33. The third-order valence-corrected chi connectivity index (χ3v) is 2.65. The first-order chi connectivity index (χ1) is 7.91. The Morgan fingerprint density at radius 1 is 1.65 bits per heavy atom. The van der Waals surface area contributed by atoms with Crippen LogP contribution in [0.25, 0.3) is 0 Å². The molecule has 0 radical (unpaired) electrons. The van der Waals surface area contributed by atoms with Crippen molar-refractivity contribution in [1.82, 2.24) is 0 Å². The molecule has 0 spiro atoms. The number of esters is 1. The number of rotatable bonds is 5. The monoisotopic (exact) mass is 246 g/mol. The van der Waals surface area contributed by atoms with Crippen LogP contribution >= 0.6 is 0 Å². The van der Waals surface area contributed by atoms with Gasteiger partial charge < -0.3 is 19.3 Å². The van der Waals surface area contributed by atoms with Gasteiger partial charge in [0.1, 0.15) is 0 Å². The van der Waals surface area contributed by atoms with Crippen LogP contribution < -0.4 is 0 Å². The molecule has 1 aliphatic rings. The van der Waals surface area contributed by atoms with Crippen molar-refractivity contribution >= 4 is 5.97 Å². The van der Waals surface area contributed by atoms with Gasteiger partial charge in [-0.15, -0.1) is 0 Å². The molecule has 100 valence electrons. The fourth-order valence-corrected chi connectivity index (χ4v) is 1.71. The summed E-state index contributed by atoms with van der Waals surface area (Å²) >= 11 is 0. The molecule has 0 saturated carbocycles. The molecule has 0 aromatic heterocycles. The van der Waals surface area contributed by atoms with Crippen molar-refractivity contribution in [3.8, 4) is 0 Å². The molecule has 5 heteroatoms. The number of hydrogen-bond donors (Lipinski definition) is 1. The van der Waals surface area contributed by atoms with Crippen LogP contribution in [0.4, 0.5) is 0 Å². The molecule has 0 bridgehead atoms. The highest BCUT2D eigenvalue weighted by Gasteiger charge is 2.35. The van der Waals surface area contributed by atoms with Gasteiger partial charge in [0.25, 0.3) is 0 Å². The molecule has 1 aliphatic heterocycles. The molecule has 1 saturated heterocycles. The predicted octanol–water partition coefficient (Wildman–Crippen LogP) is 1.23. The van der Waals surface area contributed by atoms with Crippen LogP contribution in [0.15, 0.2) is 0 Å². The smallest absolute Gasteiger partial charge is 0.311 e. The van der Waals surface area contributed by atoms with Crippen LogP contribution in [0, 0.1) is 0 Å². The first kappa shape index (κ1) is 14.4. The van der Waals surface area contributed by atoms with Gasteiger partial charge in [-0.25, -0.2) is 0 Å². The Kier molecular flexibility index (Phi) is 5.36. The van der Waals surface area contributed by atoms with Crippen LogP contribution in [-0.2, 0) is 19.0 Å². The van der Waals surface area contributed by atoms with E-state index in [1.54, 1.807) is 13.8 Å². The number of carbonyl (C=O) groups excluding carboxylic acids is 1. The normalized spacial score (nSPS) is 30.9. The Morgan fingerprint density at radius 2 is 2.35 bits per heavy atom. The Morgan fingerprint density at radius 3 is 2.94 bits per heavy atom. The van der Waals surface area contributed by atoms with Gasteiger partial charge in [-0.05, 0) is 27.2 Å². The molecule has 17 heavy (non-hydrogen) atoms. The summed E-state index contributed by atoms with van der Waals surface area (Å²) in [6, 6.07) is 0. The minimum absolute atomic E-state index is 0.0805. The molecule has 3 atom stereocenters. The lowest BCUT2D eigenvalue weighted by molar-refractivity contribution is -0.281. The van der Waals surface area contributed by atoms with Crippen molar-refractivity contribution in [2.45, 2.75) is 58.0 Å². The molecule has 0 amide bonds. The summed E-state index contributed by atoms with van der Waals surface area (Å²) < 4.78 is 16.1.